The van der Waals surface area contributed by atoms with E-state index in [0.717, 1.165) is 37.1 Å². The predicted octanol–water partition coefficient (Wildman–Crippen LogP) is 4.49. The molecule has 1 N–H and O–H groups in total. The maximum Gasteiger partial charge on any atom is 0.322 e. The topological polar surface area (TPSA) is 45.2 Å². The molecular formula is C19H19F2N3O. The Balaban J connectivity index is 1.58. The molecule has 0 radical (unpaired) electrons. The number of aromatic nitrogens is 1. The molecule has 130 valence electrons. The molecule has 2 aliphatic heterocycles. The van der Waals surface area contributed by atoms with Crippen molar-refractivity contribution in [3.05, 3.63) is 47.7 Å². The van der Waals surface area contributed by atoms with Crippen molar-refractivity contribution >= 4 is 11.7 Å². The third kappa shape index (κ3) is 2.86. The molecule has 2 aromatic rings. The summed E-state index contributed by atoms with van der Waals surface area (Å²) >= 11 is 0. The quantitative estimate of drug-likeness (QED) is 0.873. The molecule has 0 aliphatic carbocycles. The number of hydrogen-bond donors (Lipinski definition) is 1. The summed E-state index contributed by atoms with van der Waals surface area (Å²) in [6, 6.07) is 6.67. The average Bonchev–Trinajstić information content (AvgIpc) is 2.57. The summed E-state index contributed by atoms with van der Waals surface area (Å²) in [7, 11) is 0. The van der Waals surface area contributed by atoms with Crippen LogP contribution >= 0.6 is 0 Å². The lowest BCUT2D eigenvalue weighted by Crippen LogP contribution is -2.62. The van der Waals surface area contributed by atoms with E-state index in [1.165, 1.54) is 6.42 Å². The Morgan fingerprint density at radius 3 is 2.68 bits per heavy atom. The fourth-order valence-corrected chi connectivity index (χ4v) is 3.89. The van der Waals surface area contributed by atoms with Crippen molar-refractivity contribution in [1.29, 1.82) is 0 Å². The summed E-state index contributed by atoms with van der Waals surface area (Å²) in [6.45, 7) is 1.82. The molecule has 3 heterocycles. The molecule has 4 rings (SSSR count). The van der Waals surface area contributed by atoms with E-state index < -0.39 is 11.6 Å². The summed E-state index contributed by atoms with van der Waals surface area (Å²) < 4.78 is 27.2. The van der Waals surface area contributed by atoms with Gasteiger partial charge in [0.2, 0.25) is 0 Å². The third-order valence-electron chi connectivity index (χ3n) is 5.19. The number of anilines is 1. The van der Waals surface area contributed by atoms with E-state index in [0.29, 0.717) is 23.3 Å². The van der Waals surface area contributed by atoms with E-state index in [-0.39, 0.29) is 11.7 Å². The Bertz CT molecular complexity index is 825. The summed E-state index contributed by atoms with van der Waals surface area (Å²) in [6.07, 6.45) is 5.40. The van der Waals surface area contributed by atoms with Crippen molar-refractivity contribution in [3.8, 4) is 11.3 Å². The molecule has 0 saturated carbocycles. The molecule has 2 unspecified atom stereocenters. The van der Waals surface area contributed by atoms with Crippen molar-refractivity contribution < 1.29 is 13.6 Å². The van der Waals surface area contributed by atoms with Gasteiger partial charge in [-0.05, 0) is 50.3 Å². The van der Waals surface area contributed by atoms with Gasteiger partial charge in [-0.1, -0.05) is 6.07 Å². The molecule has 0 spiro atoms. The number of nitrogens with one attached hydrogen (secondary N) is 1. The number of hydrogen-bond acceptors (Lipinski definition) is 2. The van der Waals surface area contributed by atoms with Crippen LogP contribution in [0, 0.1) is 18.6 Å². The number of rotatable bonds is 2. The second kappa shape index (κ2) is 6.10. The Kier molecular flexibility index (Phi) is 3.90. The SMILES string of the molecule is Cc1ccc(NC(=O)N2C3CCCC2C3)cc1-c1ncc(F)cc1F. The number of aryl methyl sites for hydroxylation is 1. The van der Waals surface area contributed by atoms with Crippen molar-refractivity contribution in [1.82, 2.24) is 9.88 Å². The number of nitrogens with zero attached hydrogens (tertiary/aromatic N) is 2. The maximum atomic E-state index is 14.1. The smallest absolute Gasteiger partial charge is 0.318 e. The Hall–Kier alpha value is -2.50. The van der Waals surface area contributed by atoms with Gasteiger partial charge in [0.25, 0.3) is 0 Å². The van der Waals surface area contributed by atoms with Crippen LogP contribution in [0.4, 0.5) is 19.3 Å². The first-order chi connectivity index (χ1) is 12.0. The number of pyridine rings is 1. The highest BCUT2D eigenvalue weighted by Crippen LogP contribution is 2.38. The molecule has 2 fully saturated rings. The van der Waals surface area contributed by atoms with Crippen LogP contribution in [0.1, 0.15) is 31.2 Å². The number of fused-ring (bicyclic) bond motifs is 2. The molecule has 4 nitrogen and oxygen atoms in total. The minimum Gasteiger partial charge on any atom is -0.318 e. The highest BCUT2D eigenvalue weighted by atomic mass is 19.1. The van der Waals surface area contributed by atoms with E-state index in [9.17, 15) is 13.6 Å². The fourth-order valence-electron chi connectivity index (χ4n) is 3.89. The van der Waals surface area contributed by atoms with Gasteiger partial charge in [-0.25, -0.2) is 13.6 Å². The van der Waals surface area contributed by atoms with Crippen molar-refractivity contribution in [3.63, 3.8) is 0 Å². The standard InChI is InChI=1S/C19H19F2N3O/c1-11-5-6-13(8-16(11)18-17(21)7-12(20)10-22-18)23-19(25)24-14-3-2-4-15(24)9-14/h5-8,10,14-15H,2-4,9H2,1H3,(H,23,25). The van der Waals surface area contributed by atoms with Crippen LogP contribution in [0.15, 0.2) is 30.5 Å². The van der Waals surface area contributed by atoms with Gasteiger partial charge >= 0.3 is 6.03 Å². The van der Waals surface area contributed by atoms with E-state index in [1.807, 2.05) is 11.8 Å². The van der Waals surface area contributed by atoms with E-state index in [4.69, 9.17) is 0 Å². The highest BCUT2D eigenvalue weighted by Gasteiger charge is 2.44. The second-order valence-electron chi connectivity index (χ2n) is 6.83. The normalized spacial score (nSPS) is 21.6. The number of carbonyl (C=O) groups excluding carboxylic acids is 1. The molecule has 2 bridgehead atoms. The molecular weight excluding hydrogens is 324 g/mol. The lowest BCUT2D eigenvalue weighted by molar-refractivity contribution is 0.0173. The summed E-state index contributed by atoms with van der Waals surface area (Å²) in [5.41, 5.74) is 2.01. The third-order valence-corrected chi connectivity index (χ3v) is 5.19. The van der Waals surface area contributed by atoms with Crippen LogP contribution in [-0.2, 0) is 0 Å². The monoisotopic (exact) mass is 343 g/mol. The van der Waals surface area contributed by atoms with Crippen LogP contribution in [0.2, 0.25) is 0 Å². The zero-order chi connectivity index (χ0) is 17.6. The molecule has 6 heteroatoms. The molecule has 1 aromatic carbocycles. The van der Waals surface area contributed by atoms with Crippen LogP contribution in [-0.4, -0.2) is 28.0 Å². The number of halogens is 2. The van der Waals surface area contributed by atoms with E-state index in [2.05, 4.69) is 10.3 Å². The van der Waals surface area contributed by atoms with Crippen LogP contribution < -0.4 is 5.32 Å². The first-order valence-electron chi connectivity index (χ1n) is 8.54. The number of urea groups is 1. The molecule has 2 amide bonds. The molecule has 2 aliphatic rings. The zero-order valence-electron chi connectivity index (χ0n) is 13.9. The van der Waals surface area contributed by atoms with Gasteiger partial charge in [0.1, 0.15) is 11.5 Å². The second-order valence-corrected chi connectivity index (χ2v) is 6.83. The van der Waals surface area contributed by atoms with Gasteiger partial charge in [-0.3, -0.25) is 4.98 Å². The lowest BCUT2D eigenvalue weighted by atomic mass is 9.80. The number of carbonyl (C=O) groups is 1. The number of piperidine rings is 1. The summed E-state index contributed by atoms with van der Waals surface area (Å²) in [5.74, 6) is -1.43. The maximum absolute atomic E-state index is 14.1. The Labute approximate surface area is 144 Å². The van der Waals surface area contributed by atoms with E-state index in [1.54, 1.807) is 18.2 Å². The van der Waals surface area contributed by atoms with E-state index >= 15 is 0 Å². The van der Waals surface area contributed by atoms with Gasteiger partial charge < -0.3 is 10.2 Å². The number of amides is 2. The van der Waals surface area contributed by atoms with Crippen molar-refractivity contribution in [2.24, 2.45) is 0 Å². The number of benzene rings is 1. The van der Waals surface area contributed by atoms with Gasteiger partial charge in [-0.15, -0.1) is 0 Å². The summed E-state index contributed by atoms with van der Waals surface area (Å²) in [4.78, 5) is 18.3. The fraction of sp³-hybridized carbons (Fsp3) is 0.368. The molecule has 2 saturated heterocycles. The minimum atomic E-state index is -0.719. The van der Waals surface area contributed by atoms with Crippen LogP contribution in [0.3, 0.4) is 0 Å². The van der Waals surface area contributed by atoms with Gasteiger partial charge in [-0.2, -0.15) is 0 Å². The van der Waals surface area contributed by atoms with Crippen molar-refractivity contribution in [2.45, 2.75) is 44.7 Å². The zero-order valence-corrected chi connectivity index (χ0v) is 13.9. The lowest BCUT2D eigenvalue weighted by Gasteiger charge is -2.52. The molecule has 1 aromatic heterocycles. The highest BCUT2D eigenvalue weighted by molar-refractivity contribution is 5.91. The Morgan fingerprint density at radius 2 is 2.00 bits per heavy atom. The van der Waals surface area contributed by atoms with Gasteiger partial charge in [0, 0.05) is 29.4 Å². The minimum absolute atomic E-state index is 0.0795. The molecule has 2 atom stereocenters. The van der Waals surface area contributed by atoms with Crippen LogP contribution in [0.5, 0.6) is 0 Å². The summed E-state index contributed by atoms with van der Waals surface area (Å²) in [5, 5.41) is 2.90. The molecule has 25 heavy (non-hydrogen) atoms. The average molecular weight is 343 g/mol. The largest absolute Gasteiger partial charge is 0.322 e. The van der Waals surface area contributed by atoms with Gasteiger partial charge in [0.05, 0.1) is 6.20 Å². The first kappa shape index (κ1) is 16.0. The predicted molar refractivity (Wildman–Crippen MR) is 91.2 cm³/mol. The van der Waals surface area contributed by atoms with Crippen molar-refractivity contribution in [2.75, 3.05) is 5.32 Å². The Morgan fingerprint density at radius 1 is 1.24 bits per heavy atom. The van der Waals surface area contributed by atoms with Gasteiger partial charge in [0.15, 0.2) is 5.82 Å². The van der Waals surface area contributed by atoms with Crippen LogP contribution in [0.25, 0.3) is 11.3 Å². The first-order valence-corrected chi connectivity index (χ1v) is 8.54.